The van der Waals surface area contributed by atoms with E-state index in [4.69, 9.17) is 23.7 Å². The van der Waals surface area contributed by atoms with Crippen molar-refractivity contribution in [3.63, 3.8) is 0 Å². The molecule has 3 aromatic carbocycles. The van der Waals surface area contributed by atoms with Crippen molar-refractivity contribution in [3.8, 4) is 11.5 Å². The van der Waals surface area contributed by atoms with Gasteiger partial charge in [-0.15, -0.1) is 0 Å². The summed E-state index contributed by atoms with van der Waals surface area (Å²) in [6.45, 7) is 2.05. The lowest BCUT2D eigenvalue weighted by Gasteiger charge is -2.19. The molecule has 3 rings (SSSR count). The Hall–Kier alpha value is -4.25. The predicted molar refractivity (Wildman–Crippen MR) is 156 cm³/mol. The molecule has 3 aromatic rings. The van der Waals surface area contributed by atoms with Crippen molar-refractivity contribution in [3.05, 3.63) is 87.9 Å². The second-order valence-electron chi connectivity index (χ2n) is 8.69. The predicted octanol–water partition coefficient (Wildman–Crippen LogP) is 6.18. The number of rotatable bonds is 13. The van der Waals surface area contributed by atoms with Crippen molar-refractivity contribution >= 4 is 39.8 Å². The maximum atomic E-state index is 12.6. The van der Waals surface area contributed by atoms with Crippen molar-refractivity contribution in [2.45, 2.75) is 32.4 Å². The molecule has 11 heteroatoms. The van der Waals surface area contributed by atoms with Gasteiger partial charge in [0, 0.05) is 22.1 Å². The molecule has 0 unspecified atom stereocenters. The molecule has 0 aromatic heterocycles. The molecule has 0 aliphatic heterocycles. The van der Waals surface area contributed by atoms with Gasteiger partial charge >= 0.3 is 18.2 Å². The summed E-state index contributed by atoms with van der Waals surface area (Å²) in [4.78, 5) is 37.4. The molecule has 41 heavy (non-hydrogen) atoms. The van der Waals surface area contributed by atoms with Gasteiger partial charge in [-0.05, 0) is 42.3 Å². The van der Waals surface area contributed by atoms with E-state index < -0.39 is 24.2 Å². The van der Waals surface area contributed by atoms with E-state index >= 15 is 0 Å². The van der Waals surface area contributed by atoms with Gasteiger partial charge in [-0.2, -0.15) is 0 Å². The number of alkyl carbamates (subject to hydrolysis) is 1. The smallest absolute Gasteiger partial charge is 0.411 e. The standard InChI is InChI=1S/C30H33BrN2O8/c1-4-39-28(34)18-25(33-30(36)41-19-20-9-6-5-7-10-20)21-11-8-12-23(15-21)32-29(35)40-14-13-24-26(37-2)16-22(31)17-27(24)38-3/h5-12,15-17,25H,4,13-14,18-19H2,1-3H3,(H,32,35)(H,33,36)/t25-/m1/s1. The second-order valence-corrected chi connectivity index (χ2v) is 9.61. The van der Waals surface area contributed by atoms with Crippen LogP contribution in [0.25, 0.3) is 0 Å². The fraction of sp³-hybridized carbons (Fsp3) is 0.300. The Labute approximate surface area is 247 Å². The number of hydrogen-bond acceptors (Lipinski definition) is 8. The highest BCUT2D eigenvalue weighted by Gasteiger charge is 2.21. The Balaban J connectivity index is 1.63. The van der Waals surface area contributed by atoms with Crippen molar-refractivity contribution in [1.29, 1.82) is 0 Å². The van der Waals surface area contributed by atoms with Gasteiger partial charge in [0.15, 0.2) is 0 Å². The largest absolute Gasteiger partial charge is 0.496 e. The molecule has 218 valence electrons. The Morgan fingerprint density at radius 2 is 1.56 bits per heavy atom. The van der Waals surface area contributed by atoms with Crippen molar-refractivity contribution in [2.24, 2.45) is 0 Å². The van der Waals surface area contributed by atoms with Crippen LogP contribution in [0.15, 0.2) is 71.2 Å². The fourth-order valence-corrected chi connectivity index (χ4v) is 4.39. The lowest BCUT2D eigenvalue weighted by atomic mass is 10.0. The number of esters is 1. The molecule has 0 radical (unpaired) electrons. The molecule has 0 spiro atoms. The minimum absolute atomic E-state index is 0.0696. The molecule has 0 saturated heterocycles. The summed E-state index contributed by atoms with van der Waals surface area (Å²) in [5.74, 6) is 0.725. The van der Waals surface area contributed by atoms with Gasteiger partial charge in [-0.25, -0.2) is 9.59 Å². The van der Waals surface area contributed by atoms with Gasteiger partial charge in [-0.1, -0.05) is 58.4 Å². The third-order valence-electron chi connectivity index (χ3n) is 5.87. The number of ether oxygens (including phenoxy) is 5. The highest BCUT2D eigenvalue weighted by molar-refractivity contribution is 9.10. The van der Waals surface area contributed by atoms with Gasteiger partial charge in [-0.3, -0.25) is 10.1 Å². The van der Waals surface area contributed by atoms with E-state index in [0.29, 0.717) is 29.2 Å². The number of anilines is 1. The van der Waals surface area contributed by atoms with Gasteiger partial charge in [0.05, 0.1) is 39.9 Å². The van der Waals surface area contributed by atoms with E-state index in [1.807, 2.05) is 42.5 Å². The number of halogens is 1. The molecule has 0 aliphatic carbocycles. The van der Waals surface area contributed by atoms with Gasteiger partial charge < -0.3 is 29.0 Å². The zero-order valence-electron chi connectivity index (χ0n) is 23.1. The highest BCUT2D eigenvalue weighted by Crippen LogP contribution is 2.33. The van der Waals surface area contributed by atoms with Crippen LogP contribution in [0.1, 0.15) is 36.1 Å². The van der Waals surface area contributed by atoms with Gasteiger partial charge in [0.1, 0.15) is 18.1 Å². The third kappa shape index (κ3) is 10.0. The first-order chi connectivity index (χ1) is 19.8. The molecule has 10 nitrogen and oxygen atoms in total. The van der Waals surface area contributed by atoms with Crippen LogP contribution in [0, 0.1) is 0 Å². The molecule has 0 saturated carbocycles. The topological polar surface area (TPSA) is 121 Å². The summed E-state index contributed by atoms with van der Waals surface area (Å²) in [6.07, 6.45) is -1.13. The van der Waals surface area contributed by atoms with Crippen LogP contribution in [-0.2, 0) is 32.0 Å². The van der Waals surface area contributed by atoms with Gasteiger partial charge in [0.2, 0.25) is 0 Å². The average molecular weight is 630 g/mol. The van der Waals surface area contributed by atoms with E-state index in [1.165, 1.54) is 0 Å². The Morgan fingerprint density at radius 1 is 0.854 bits per heavy atom. The van der Waals surface area contributed by atoms with Crippen molar-refractivity contribution in [1.82, 2.24) is 5.32 Å². The lowest BCUT2D eigenvalue weighted by molar-refractivity contribution is -0.143. The number of carbonyl (C=O) groups is 3. The average Bonchev–Trinajstić information content (AvgIpc) is 2.97. The number of amides is 2. The minimum atomic E-state index is -0.757. The van der Waals surface area contributed by atoms with Crippen LogP contribution in [0.5, 0.6) is 11.5 Å². The van der Waals surface area contributed by atoms with E-state index in [-0.39, 0.29) is 26.2 Å². The van der Waals surface area contributed by atoms with E-state index in [2.05, 4.69) is 26.6 Å². The van der Waals surface area contributed by atoms with Crippen molar-refractivity contribution < 1.29 is 38.1 Å². The minimum Gasteiger partial charge on any atom is -0.496 e. The summed E-state index contributed by atoms with van der Waals surface area (Å²) in [6, 6.07) is 18.8. The molecular weight excluding hydrogens is 596 g/mol. The fourth-order valence-electron chi connectivity index (χ4n) is 3.98. The zero-order valence-corrected chi connectivity index (χ0v) is 24.7. The van der Waals surface area contributed by atoms with Crippen LogP contribution in [0.2, 0.25) is 0 Å². The molecule has 2 N–H and O–H groups in total. The molecule has 0 heterocycles. The Bertz CT molecular complexity index is 1290. The normalized spacial score (nSPS) is 11.1. The second kappa shape index (κ2) is 16.1. The number of nitrogens with one attached hydrogen (secondary N) is 2. The number of carbonyl (C=O) groups excluding carboxylic acids is 3. The van der Waals surface area contributed by atoms with E-state index in [0.717, 1.165) is 15.6 Å². The molecule has 0 bridgehead atoms. The molecule has 1 atom stereocenters. The summed E-state index contributed by atoms with van der Waals surface area (Å²) in [5.41, 5.74) is 2.57. The molecule has 0 aliphatic rings. The van der Waals surface area contributed by atoms with Gasteiger partial charge in [0.25, 0.3) is 0 Å². The maximum Gasteiger partial charge on any atom is 0.411 e. The monoisotopic (exact) mass is 628 g/mol. The summed E-state index contributed by atoms with van der Waals surface area (Å²) in [7, 11) is 3.11. The first-order valence-corrected chi connectivity index (χ1v) is 13.7. The number of benzene rings is 3. The van der Waals surface area contributed by atoms with Crippen LogP contribution >= 0.6 is 15.9 Å². The number of methoxy groups -OCH3 is 2. The van der Waals surface area contributed by atoms with Crippen LogP contribution < -0.4 is 20.1 Å². The Morgan fingerprint density at radius 3 is 2.22 bits per heavy atom. The van der Waals surface area contributed by atoms with E-state index in [1.54, 1.807) is 45.4 Å². The molecule has 0 fully saturated rings. The van der Waals surface area contributed by atoms with Crippen molar-refractivity contribution in [2.75, 3.05) is 32.8 Å². The summed E-state index contributed by atoms with van der Waals surface area (Å²) in [5, 5.41) is 5.40. The zero-order chi connectivity index (χ0) is 29.6. The van der Waals surface area contributed by atoms with Crippen LogP contribution in [0.4, 0.5) is 15.3 Å². The molecular formula is C30H33BrN2O8. The Kier molecular flexibility index (Phi) is 12.3. The summed E-state index contributed by atoms with van der Waals surface area (Å²) < 4.78 is 27.4. The lowest BCUT2D eigenvalue weighted by Crippen LogP contribution is -2.31. The first kappa shape index (κ1) is 31.3. The highest BCUT2D eigenvalue weighted by atomic mass is 79.9. The van der Waals surface area contributed by atoms with Crippen LogP contribution in [0.3, 0.4) is 0 Å². The first-order valence-electron chi connectivity index (χ1n) is 12.9. The summed E-state index contributed by atoms with van der Waals surface area (Å²) >= 11 is 3.41. The molecule has 2 amide bonds. The number of hydrogen-bond donors (Lipinski definition) is 2. The van der Waals surface area contributed by atoms with E-state index in [9.17, 15) is 14.4 Å². The quantitative estimate of drug-likeness (QED) is 0.170. The maximum absolute atomic E-state index is 12.6. The van der Waals surface area contributed by atoms with Crippen LogP contribution in [-0.4, -0.2) is 45.6 Å². The third-order valence-corrected chi connectivity index (χ3v) is 6.33. The SMILES string of the molecule is CCOC(=O)C[C@@H](NC(=O)OCc1ccccc1)c1cccc(NC(=O)OCCc2c(OC)cc(Br)cc2OC)c1.